The molecule has 0 bridgehead atoms. The van der Waals surface area contributed by atoms with Gasteiger partial charge in [0.15, 0.2) is 0 Å². The van der Waals surface area contributed by atoms with Gasteiger partial charge in [0.1, 0.15) is 5.82 Å². The number of imidazole rings is 1. The summed E-state index contributed by atoms with van der Waals surface area (Å²) in [5.41, 5.74) is 0.0820. The van der Waals surface area contributed by atoms with Gasteiger partial charge >= 0.3 is 0 Å². The lowest BCUT2D eigenvalue weighted by Gasteiger charge is -2.44. The summed E-state index contributed by atoms with van der Waals surface area (Å²) >= 11 is 0. The van der Waals surface area contributed by atoms with Crippen LogP contribution in [0, 0.1) is 0 Å². The zero-order valence-corrected chi connectivity index (χ0v) is 14.2. The van der Waals surface area contributed by atoms with Crippen LogP contribution in [0.1, 0.15) is 64.7 Å². The maximum Gasteiger partial charge on any atom is 0.127 e. The molecule has 2 rings (SSSR count). The van der Waals surface area contributed by atoms with Crippen LogP contribution in [0.5, 0.6) is 0 Å². The molecule has 0 radical (unpaired) electrons. The van der Waals surface area contributed by atoms with Crippen LogP contribution in [0.3, 0.4) is 0 Å². The van der Waals surface area contributed by atoms with E-state index in [-0.39, 0.29) is 11.6 Å². The Morgan fingerprint density at radius 2 is 1.90 bits per heavy atom. The van der Waals surface area contributed by atoms with Gasteiger partial charge in [-0.25, -0.2) is 4.98 Å². The van der Waals surface area contributed by atoms with Crippen LogP contribution >= 0.6 is 0 Å². The van der Waals surface area contributed by atoms with Crippen molar-refractivity contribution in [3.8, 4) is 0 Å². The minimum absolute atomic E-state index is 0.0820. The monoisotopic (exact) mass is 292 g/mol. The van der Waals surface area contributed by atoms with Crippen LogP contribution in [0.2, 0.25) is 0 Å². The number of rotatable bonds is 6. The van der Waals surface area contributed by atoms with Gasteiger partial charge in [0.2, 0.25) is 0 Å². The molecule has 1 fully saturated rings. The van der Waals surface area contributed by atoms with Crippen molar-refractivity contribution in [1.82, 2.24) is 19.8 Å². The fourth-order valence-electron chi connectivity index (χ4n) is 3.43. The summed E-state index contributed by atoms with van der Waals surface area (Å²) in [6.07, 6.45) is 10.5. The van der Waals surface area contributed by atoms with Crippen molar-refractivity contribution in [3.63, 3.8) is 0 Å². The van der Waals surface area contributed by atoms with Crippen LogP contribution in [0.25, 0.3) is 0 Å². The van der Waals surface area contributed by atoms with E-state index in [1.807, 2.05) is 6.20 Å². The van der Waals surface area contributed by atoms with Crippen molar-refractivity contribution in [2.45, 2.75) is 64.5 Å². The molecule has 0 spiro atoms. The molecule has 1 atom stereocenters. The summed E-state index contributed by atoms with van der Waals surface area (Å²) < 4.78 is 2.16. The largest absolute Gasteiger partial charge is 0.337 e. The number of hydrogen-bond donors (Lipinski definition) is 1. The molecule has 1 N–H and O–H groups in total. The Balaban J connectivity index is 2.22. The van der Waals surface area contributed by atoms with Crippen LogP contribution in [-0.4, -0.2) is 39.6 Å². The highest BCUT2D eigenvalue weighted by molar-refractivity contribution is 5.08. The lowest BCUT2D eigenvalue weighted by molar-refractivity contribution is 0.0790. The molecular formula is C17H32N4. The average molecular weight is 292 g/mol. The number of nitrogens with zero attached hydrogens (tertiary/aromatic N) is 3. The minimum Gasteiger partial charge on any atom is -0.337 e. The fraction of sp³-hybridized carbons (Fsp3) is 0.824. The van der Waals surface area contributed by atoms with E-state index < -0.39 is 0 Å². The number of likely N-dealkylation sites (tertiary alicyclic amines) is 1. The second kappa shape index (κ2) is 7.41. The Kier molecular flexibility index (Phi) is 5.82. The molecule has 4 heteroatoms. The number of aryl methyl sites for hydroxylation is 1. The van der Waals surface area contributed by atoms with E-state index in [9.17, 15) is 0 Å². The first-order valence-corrected chi connectivity index (χ1v) is 8.53. The lowest BCUT2D eigenvalue weighted by atomic mass is 9.90. The Morgan fingerprint density at radius 3 is 2.43 bits per heavy atom. The van der Waals surface area contributed by atoms with Crippen molar-refractivity contribution in [1.29, 1.82) is 0 Å². The summed E-state index contributed by atoms with van der Waals surface area (Å²) in [7, 11) is 2.10. The zero-order chi connectivity index (χ0) is 15.3. The molecule has 4 nitrogen and oxygen atoms in total. The summed E-state index contributed by atoms with van der Waals surface area (Å²) in [5, 5.41) is 3.75. The molecule has 1 saturated heterocycles. The predicted molar refractivity (Wildman–Crippen MR) is 88.4 cm³/mol. The molecule has 1 aliphatic rings. The van der Waals surface area contributed by atoms with Crippen LogP contribution in [-0.2, 0) is 7.05 Å². The van der Waals surface area contributed by atoms with E-state index in [4.69, 9.17) is 0 Å². The van der Waals surface area contributed by atoms with Gasteiger partial charge in [-0.05, 0) is 52.7 Å². The van der Waals surface area contributed by atoms with Crippen LogP contribution < -0.4 is 5.32 Å². The molecule has 120 valence electrons. The van der Waals surface area contributed by atoms with Gasteiger partial charge in [0.25, 0.3) is 0 Å². The van der Waals surface area contributed by atoms with E-state index in [1.165, 1.54) is 38.8 Å². The first-order valence-electron chi connectivity index (χ1n) is 8.53. The highest BCUT2D eigenvalue weighted by atomic mass is 15.2. The fourth-order valence-corrected chi connectivity index (χ4v) is 3.43. The van der Waals surface area contributed by atoms with Gasteiger partial charge in [-0.15, -0.1) is 0 Å². The van der Waals surface area contributed by atoms with Crippen molar-refractivity contribution < 1.29 is 0 Å². The lowest BCUT2D eigenvalue weighted by Crippen LogP contribution is -2.53. The first kappa shape index (κ1) is 16.5. The molecule has 1 aliphatic heterocycles. The standard InChI is InChI=1S/C17H32N4/c1-5-10-18-15(16-19-11-14-20(16)4)17(2,3)21-12-8-6-7-9-13-21/h11,14-15,18H,5-10,12-13H2,1-4H3. The summed E-state index contributed by atoms with van der Waals surface area (Å²) in [6.45, 7) is 10.4. The van der Waals surface area contributed by atoms with E-state index in [1.54, 1.807) is 0 Å². The van der Waals surface area contributed by atoms with Gasteiger partial charge in [-0.1, -0.05) is 19.8 Å². The third kappa shape index (κ3) is 3.86. The van der Waals surface area contributed by atoms with Gasteiger partial charge < -0.3 is 9.88 Å². The van der Waals surface area contributed by atoms with Crippen molar-refractivity contribution >= 4 is 0 Å². The van der Waals surface area contributed by atoms with Crippen molar-refractivity contribution in [2.24, 2.45) is 7.05 Å². The minimum atomic E-state index is 0.0820. The Morgan fingerprint density at radius 1 is 1.24 bits per heavy atom. The first-order chi connectivity index (χ1) is 10.1. The SMILES string of the molecule is CCCNC(c1nccn1C)C(C)(C)N1CCCCCC1. The van der Waals surface area contributed by atoms with Crippen molar-refractivity contribution in [2.75, 3.05) is 19.6 Å². The molecule has 21 heavy (non-hydrogen) atoms. The smallest absolute Gasteiger partial charge is 0.127 e. The van der Waals surface area contributed by atoms with Gasteiger partial charge in [0, 0.05) is 25.0 Å². The van der Waals surface area contributed by atoms with E-state index >= 15 is 0 Å². The summed E-state index contributed by atoms with van der Waals surface area (Å²) in [4.78, 5) is 7.30. The van der Waals surface area contributed by atoms with Gasteiger partial charge in [-0.2, -0.15) is 0 Å². The van der Waals surface area contributed by atoms with E-state index in [0.29, 0.717) is 0 Å². The quantitative estimate of drug-likeness (QED) is 0.874. The number of nitrogens with one attached hydrogen (secondary N) is 1. The predicted octanol–water partition coefficient (Wildman–Crippen LogP) is 3.12. The zero-order valence-electron chi connectivity index (χ0n) is 14.2. The Bertz CT molecular complexity index is 416. The number of aromatic nitrogens is 2. The normalized spacial score (nSPS) is 19.4. The van der Waals surface area contributed by atoms with E-state index in [0.717, 1.165) is 18.8 Å². The third-order valence-electron chi connectivity index (χ3n) is 4.84. The molecular weight excluding hydrogens is 260 g/mol. The van der Waals surface area contributed by atoms with Crippen LogP contribution in [0.4, 0.5) is 0 Å². The van der Waals surface area contributed by atoms with Gasteiger partial charge in [0.05, 0.1) is 6.04 Å². The molecule has 2 heterocycles. The maximum atomic E-state index is 4.63. The Labute approximate surface area is 129 Å². The van der Waals surface area contributed by atoms with E-state index in [2.05, 4.69) is 53.8 Å². The molecule has 0 aliphatic carbocycles. The highest BCUT2D eigenvalue weighted by Gasteiger charge is 2.38. The maximum absolute atomic E-state index is 4.63. The van der Waals surface area contributed by atoms with Crippen LogP contribution in [0.15, 0.2) is 12.4 Å². The molecule has 0 amide bonds. The molecule has 1 unspecified atom stereocenters. The second-order valence-electron chi connectivity index (χ2n) is 6.84. The molecule has 1 aromatic rings. The summed E-state index contributed by atoms with van der Waals surface area (Å²) in [6, 6.07) is 0.274. The molecule has 1 aromatic heterocycles. The Hall–Kier alpha value is -0.870. The highest BCUT2D eigenvalue weighted by Crippen LogP contribution is 2.32. The second-order valence-corrected chi connectivity index (χ2v) is 6.84. The number of hydrogen-bond acceptors (Lipinski definition) is 3. The van der Waals surface area contributed by atoms with Crippen molar-refractivity contribution in [3.05, 3.63) is 18.2 Å². The third-order valence-corrected chi connectivity index (χ3v) is 4.84. The van der Waals surface area contributed by atoms with Gasteiger partial charge in [-0.3, -0.25) is 4.90 Å². The summed E-state index contributed by atoms with van der Waals surface area (Å²) in [5.74, 6) is 1.15. The molecule has 0 aromatic carbocycles. The average Bonchev–Trinajstić information content (AvgIpc) is 2.71. The molecule has 0 saturated carbocycles. The topological polar surface area (TPSA) is 33.1 Å².